The third-order valence-corrected chi connectivity index (χ3v) is 1.58. The fraction of sp³-hybridized carbons (Fsp3) is 0.889. The van der Waals surface area contributed by atoms with Crippen molar-refractivity contribution in [2.75, 3.05) is 41.3 Å². The van der Waals surface area contributed by atoms with E-state index in [0.29, 0.717) is 0 Å². The zero-order valence-corrected chi connectivity index (χ0v) is 11.0. The van der Waals surface area contributed by atoms with Crippen LogP contribution < -0.4 is 0 Å². The number of hydrogen-bond acceptors (Lipinski definition) is 2. The van der Waals surface area contributed by atoms with Crippen LogP contribution in [0.25, 0.3) is 0 Å². The fourth-order valence-electron chi connectivity index (χ4n) is 0.911. The Kier molecular flexibility index (Phi) is 10.1. The van der Waals surface area contributed by atoms with Gasteiger partial charge in [-0.1, -0.05) is 0 Å². The predicted molar refractivity (Wildman–Crippen MR) is 62.1 cm³/mol. The number of hydrogen-bond donors (Lipinski definition) is 0. The molecule has 0 saturated heterocycles. The molecule has 0 aromatic rings. The van der Waals surface area contributed by atoms with Gasteiger partial charge in [0.1, 0.15) is 14.1 Å². The molecule has 104 valence electrons. The lowest BCUT2D eigenvalue weighted by molar-refractivity contribution is -0.476. The number of halogens is 4. The second kappa shape index (κ2) is 9.27. The number of rotatable bonds is 4. The summed E-state index contributed by atoms with van der Waals surface area (Å²) in [6.45, 7) is 3.80. The van der Waals surface area contributed by atoms with E-state index in [1.165, 1.54) is 0 Å². The van der Waals surface area contributed by atoms with E-state index in [-0.39, 0.29) is 0 Å². The summed E-state index contributed by atoms with van der Waals surface area (Å²) in [5, 5.41) is 0. The van der Waals surface area contributed by atoms with E-state index < -0.39 is 7.25 Å². The normalized spacial score (nSPS) is 10.7. The lowest BCUT2D eigenvalue weighted by atomic mass is 10.3. The molecule has 8 heteroatoms. The molecule has 0 N–H and O–H groups in total. The van der Waals surface area contributed by atoms with Gasteiger partial charge in [0.2, 0.25) is 0 Å². The molecule has 0 aliphatic carbocycles. The molecule has 0 fully saturated rings. The smallest absolute Gasteiger partial charge is 0.448 e. The van der Waals surface area contributed by atoms with Crippen LogP contribution in [0.1, 0.15) is 13.3 Å². The van der Waals surface area contributed by atoms with E-state index >= 15 is 0 Å². The molecule has 0 aliphatic rings. The molecule has 3 nitrogen and oxygen atoms in total. The minimum atomic E-state index is -6.00. The van der Waals surface area contributed by atoms with Crippen LogP contribution in [-0.4, -0.2) is 64.0 Å². The SMILES string of the molecule is CCOC(CCN(C)C)=[N+](C)C.F[B-](F)(F)F. The maximum absolute atomic E-state index is 9.75. The molecule has 0 amide bonds. The zero-order valence-electron chi connectivity index (χ0n) is 11.0. The highest BCUT2D eigenvalue weighted by Crippen LogP contribution is 2.06. The molecule has 0 unspecified atom stereocenters. The van der Waals surface area contributed by atoms with Crippen molar-refractivity contribution in [3.63, 3.8) is 0 Å². The Labute approximate surface area is 100 Å². The van der Waals surface area contributed by atoms with E-state index in [2.05, 4.69) is 19.0 Å². The van der Waals surface area contributed by atoms with E-state index in [1.54, 1.807) is 0 Å². The standard InChI is InChI=1S/C9H21N2O.BF4/c1-6-12-9(11(4)5)7-8-10(2)3;2-1(3,4)5/h6-8H2,1-5H3;/q+1;-1. The van der Waals surface area contributed by atoms with Crippen LogP contribution in [0.3, 0.4) is 0 Å². The summed E-state index contributed by atoms with van der Waals surface area (Å²) in [5.74, 6) is 1.06. The first-order valence-corrected chi connectivity index (χ1v) is 5.26. The molecular weight excluding hydrogens is 239 g/mol. The van der Waals surface area contributed by atoms with Gasteiger partial charge in [-0.05, 0) is 21.0 Å². The van der Waals surface area contributed by atoms with E-state index in [1.807, 2.05) is 25.6 Å². The molecule has 0 aromatic carbocycles. The second-order valence-electron chi connectivity index (χ2n) is 3.77. The maximum atomic E-state index is 9.75. The van der Waals surface area contributed by atoms with Gasteiger partial charge in [0.05, 0.1) is 13.0 Å². The monoisotopic (exact) mass is 260 g/mol. The number of ether oxygens (including phenoxy) is 1. The van der Waals surface area contributed by atoms with Gasteiger partial charge in [0, 0.05) is 6.54 Å². The Morgan fingerprint density at radius 2 is 1.59 bits per heavy atom. The molecule has 17 heavy (non-hydrogen) atoms. The maximum Gasteiger partial charge on any atom is 0.673 e. The summed E-state index contributed by atoms with van der Waals surface area (Å²) in [6, 6.07) is 0. The molecule has 0 aliphatic heterocycles. The molecule has 0 radical (unpaired) electrons. The van der Waals surface area contributed by atoms with Crippen molar-refractivity contribution < 1.29 is 26.6 Å². The van der Waals surface area contributed by atoms with Gasteiger partial charge in [0.15, 0.2) is 0 Å². The molecule has 0 rings (SSSR count). The van der Waals surface area contributed by atoms with Crippen LogP contribution in [0.2, 0.25) is 0 Å². The van der Waals surface area contributed by atoms with Gasteiger partial charge in [-0.25, -0.2) is 4.58 Å². The summed E-state index contributed by atoms with van der Waals surface area (Å²) in [7, 11) is 2.17. The first-order chi connectivity index (χ1) is 7.57. The summed E-state index contributed by atoms with van der Waals surface area (Å²) in [5.41, 5.74) is 0. The quantitative estimate of drug-likeness (QED) is 0.252. The third-order valence-electron chi connectivity index (χ3n) is 1.58. The first kappa shape index (κ1) is 18.6. The average Bonchev–Trinajstić information content (AvgIpc) is 2.08. The lowest BCUT2D eigenvalue weighted by Gasteiger charge is -2.09. The predicted octanol–water partition coefficient (Wildman–Crippen LogP) is 1.95. The van der Waals surface area contributed by atoms with E-state index in [9.17, 15) is 17.3 Å². The lowest BCUT2D eigenvalue weighted by Crippen LogP contribution is -2.23. The second-order valence-corrected chi connectivity index (χ2v) is 3.77. The van der Waals surface area contributed by atoms with Crippen molar-refractivity contribution in [3.8, 4) is 0 Å². The van der Waals surface area contributed by atoms with Crippen LogP contribution in [-0.2, 0) is 4.74 Å². The van der Waals surface area contributed by atoms with Crippen molar-refractivity contribution in [3.05, 3.63) is 0 Å². The van der Waals surface area contributed by atoms with Gasteiger partial charge in [-0.2, -0.15) is 0 Å². The molecule has 0 saturated carbocycles. The summed E-state index contributed by atoms with van der Waals surface area (Å²) >= 11 is 0. The van der Waals surface area contributed by atoms with Crippen LogP contribution in [0.15, 0.2) is 0 Å². The van der Waals surface area contributed by atoms with Crippen molar-refractivity contribution in [2.24, 2.45) is 0 Å². The Bertz CT molecular complexity index is 222. The van der Waals surface area contributed by atoms with Gasteiger partial charge in [0.25, 0.3) is 0 Å². The van der Waals surface area contributed by atoms with Gasteiger partial charge in [-0.15, -0.1) is 0 Å². The average molecular weight is 260 g/mol. The third kappa shape index (κ3) is 21.1. The minimum Gasteiger partial charge on any atom is -0.448 e. The molecular formula is C9H21BF4N2O. The molecule has 0 spiro atoms. The summed E-state index contributed by atoms with van der Waals surface area (Å²) in [6.07, 6.45) is 0.980. The van der Waals surface area contributed by atoms with Gasteiger partial charge < -0.3 is 26.9 Å². The Balaban J connectivity index is 0. The first-order valence-electron chi connectivity index (χ1n) is 5.26. The van der Waals surface area contributed by atoms with Crippen LogP contribution in [0.5, 0.6) is 0 Å². The zero-order chi connectivity index (χ0) is 14.1. The molecule has 0 heterocycles. The molecule has 0 aromatic heterocycles. The van der Waals surface area contributed by atoms with Crippen LogP contribution >= 0.6 is 0 Å². The van der Waals surface area contributed by atoms with E-state index in [0.717, 1.165) is 25.5 Å². The van der Waals surface area contributed by atoms with Crippen LogP contribution in [0, 0.1) is 0 Å². The fourth-order valence-corrected chi connectivity index (χ4v) is 0.911. The van der Waals surface area contributed by atoms with Crippen molar-refractivity contribution >= 4 is 13.2 Å². The molecule has 0 bridgehead atoms. The highest BCUT2D eigenvalue weighted by atomic mass is 19.5. The summed E-state index contributed by atoms with van der Waals surface area (Å²) < 4.78 is 46.5. The highest BCUT2D eigenvalue weighted by molar-refractivity contribution is 6.50. The molecule has 0 atom stereocenters. The van der Waals surface area contributed by atoms with Crippen molar-refractivity contribution in [2.45, 2.75) is 13.3 Å². The van der Waals surface area contributed by atoms with Gasteiger partial charge >= 0.3 is 13.2 Å². The highest BCUT2D eigenvalue weighted by Gasteiger charge is 2.20. The van der Waals surface area contributed by atoms with Gasteiger partial charge in [-0.3, -0.25) is 0 Å². The van der Waals surface area contributed by atoms with Crippen molar-refractivity contribution in [1.82, 2.24) is 4.90 Å². The topological polar surface area (TPSA) is 15.5 Å². The minimum absolute atomic E-state index is 0.751. The number of nitrogens with zero attached hydrogens (tertiary/aromatic N) is 2. The summed E-state index contributed by atoms with van der Waals surface area (Å²) in [4.78, 5) is 2.16. The van der Waals surface area contributed by atoms with Crippen LogP contribution in [0.4, 0.5) is 17.3 Å². The Morgan fingerprint density at radius 1 is 1.18 bits per heavy atom. The Hall–Kier alpha value is -0.785. The largest absolute Gasteiger partial charge is 0.673 e. The van der Waals surface area contributed by atoms with Crippen molar-refractivity contribution in [1.29, 1.82) is 0 Å². The van der Waals surface area contributed by atoms with E-state index in [4.69, 9.17) is 4.74 Å². The Morgan fingerprint density at radius 3 is 1.82 bits per heavy atom.